The number of aromatic nitrogens is 2. The van der Waals surface area contributed by atoms with Crippen LogP contribution in [0, 0.1) is 0 Å². The molecule has 0 aliphatic carbocycles. The van der Waals surface area contributed by atoms with Crippen molar-refractivity contribution in [1.82, 2.24) is 9.97 Å². The van der Waals surface area contributed by atoms with E-state index in [1.54, 1.807) is 6.20 Å². The van der Waals surface area contributed by atoms with Crippen LogP contribution in [-0.2, 0) is 6.42 Å². The molecule has 0 bridgehead atoms. The summed E-state index contributed by atoms with van der Waals surface area (Å²) in [6.07, 6.45) is 2.78. The molecule has 1 rings (SSSR count). The number of hydrogen-bond donors (Lipinski definition) is 1. The van der Waals surface area contributed by atoms with Crippen LogP contribution in [0.15, 0.2) is 12.4 Å². The summed E-state index contributed by atoms with van der Waals surface area (Å²) in [6, 6.07) is 0. The summed E-state index contributed by atoms with van der Waals surface area (Å²) < 4.78 is 6.98. The van der Waals surface area contributed by atoms with Crippen LogP contribution >= 0.6 is 0 Å². The smallest absolute Gasteiger partial charge is 0.105 e. The van der Waals surface area contributed by atoms with E-state index in [9.17, 15) is 0 Å². The molecule has 1 aromatic heterocycles. The predicted molar refractivity (Wildman–Crippen MR) is 28.0 cm³/mol. The second-order valence-electron chi connectivity index (χ2n) is 1.33. The van der Waals surface area contributed by atoms with E-state index < -0.39 is 0 Å². The van der Waals surface area contributed by atoms with Gasteiger partial charge < -0.3 is 4.98 Å². The van der Waals surface area contributed by atoms with E-state index in [4.69, 9.17) is 1.37 Å². The van der Waals surface area contributed by atoms with E-state index in [0.29, 0.717) is 6.17 Å². The fraction of sp³-hybridized carbons (Fsp3) is 0.400. The van der Waals surface area contributed by atoms with Gasteiger partial charge in [0.2, 0.25) is 0 Å². The molecule has 0 saturated heterocycles. The number of rotatable bonds is 1. The van der Waals surface area contributed by atoms with Gasteiger partial charge in [0.1, 0.15) is 5.82 Å². The van der Waals surface area contributed by atoms with E-state index in [2.05, 4.69) is 9.97 Å². The Labute approximate surface area is 44.0 Å². The molecule has 0 amide bonds. The van der Waals surface area contributed by atoms with Crippen LogP contribution in [0.4, 0.5) is 0 Å². The van der Waals surface area contributed by atoms with E-state index >= 15 is 0 Å². The third-order valence-corrected chi connectivity index (χ3v) is 0.838. The lowest BCUT2D eigenvalue weighted by Gasteiger charge is -1.79. The van der Waals surface area contributed by atoms with Gasteiger partial charge in [0, 0.05) is 18.8 Å². The minimum Gasteiger partial charge on any atom is -0.349 e. The van der Waals surface area contributed by atoms with Crippen LogP contribution in [0.5, 0.6) is 0 Å². The van der Waals surface area contributed by atoms with Crippen molar-refractivity contribution in [3.8, 4) is 0 Å². The minimum absolute atomic E-state index is 0.321. The first kappa shape index (κ1) is 3.24. The molecule has 0 aromatic carbocycles. The maximum atomic E-state index is 6.98. The number of aromatic amines is 1. The van der Waals surface area contributed by atoms with Gasteiger partial charge in [-0.3, -0.25) is 0 Å². The standard InChI is InChI=1S/C5H8N2/c1-2-5-6-3-4-7-5/h3-4H,2H2,1H3,(H,6,7)/i3D. The number of imidazole rings is 1. The Bertz CT molecular complexity index is 171. The van der Waals surface area contributed by atoms with E-state index in [1.165, 1.54) is 0 Å². The second-order valence-corrected chi connectivity index (χ2v) is 1.33. The molecule has 0 fully saturated rings. The Morgan fingerprint density at radius 1 is 2.14 bits per heavy atom. The fourth-order valence-electron chi connectivity index (χ4n) is 0.439. The van der Waals surface area contributed by atoms with Gasteiger partial charge in [-0.25, -0.2) is 4.98 Å². The zero-order chi connectivity index (χ0) is 5.98. The third-order valence-electron chi connectivity index (χ3n) is 0.838. The molecule has 1 N–H and O–H groups in total. The molecule has 0 aliphatic rings. The molecule has 0 spiro atoms. The molecule has 0 saturated carbocycles. The van der Waals surface area contributed by atoms with E-state index in [-0.39, 0.29) is 0 Å². The average molecular weight is 97.1 g/mol. The zero-order valence-electron chi connectivity index (χ0n) is 5.23. The SMILES string of the molecule is [2H]c1c[nH]c(CC)n1. The highest BCUT2D eigenvalue weighted by atomic mass is 14.9. The van der Waals surface area contributed by atoms with Crippen LogP contribution in [-0.4, -0.2) is 9.97 Å². The molecule has 0 unspecified atom stereocenters. The molecule has 0 aliphatic heterocycles. The molecular weight excluding hydrogens is 88.1 g/mol. The van der Waals surface area contributed by atoms with Crippen molar-refractivity contribution in [3.63, 3.8) is 0 Å². The van der Waals surface area contributed by atoms with Gasteiger partial charge in [-0.2, -0.15) is 0 Å². The van der Waals surface area contributed by atoms with E-state index in [1.807, 2.05) is 6.92 Å². The number of aryl methyl sites for hydroxylation is 1. The van der Waals surface area contributed by atoms with Gasteiger partial charge in [-0.05, 0) is 0 Å². The highest BCUT2D eigenvalue weighted by Gasteiger charge is 1.82. The van der Waals surface area contributed by atoms with Crippen LogP contribution in [0.2, 0.25) is 0 Å². The summed E-state index contributed by atoms with van der Waals surface area (Å²) >= 11 is 0. The minimum atomic E-state index is 0.321. The molecule has 38 valence electrons. The van der Waals surface area contributed by atoms with Crippen molar-refractivity contribution in [1.29, 1.82) is 0 Å². The van der Waals surface area contributed by atoms with E-state index in [0.717, 1.165) is 12.2 Å². The number of nitrogens with zero attached hydrogens (tertiary/aromatic N) is 1. The van der Waals surface area contributed by atoms with Crippen molar-refractivity contribution in [2.45, 2.75) is 13.3 Å². The normalized spacial score (nSPS) is 11.3. The van der Waals surface area contributed by atoms with Gasteiger partial charge in [0.25, 0.3) is 0 Å². The van der Waals surface area contributed by atoms with Crippen LogP contribution < -0.4 is 0 Å². The zero-order valence-corrected chi connectivity index (χ0v) is 4.23. The molecule has 2 nitrogen and oxygen atoms in total. The Hall–Kier alpha value is -0.790. The maximum Gasteiger partial charge on any atom is 0.105 e. The summed E-state index contributed by atoms with van der Waals surface area (Å²) in [6.45, 7) is 2.00. The molecule has 7 heavy (non-hydrogen) atoms. The topological polar surface area (TPSA) is 28.7 Å². The lowest BCUT2D eigenvalue weighted by atomic mass is 10.5. The molecule has 1 heterocycles. The predicted octanol–water partition coefficient (Wildman–Crippen LogP) is 0.972. The number of nitrogens with one attached hydrogen (secondary N) is 1. The van der Waals surface area contributed by atoms with Crippen LogP contribution in [0.25, 0.3) is 0 Å². The van der Waals surface area contributed by atoms with Crippen molar-refractivity contribution >= 4 is 0 Å². The van der Waals surface area contributed by atoms with Crippen LogP contribution in [0.3, 0.4) is 0 Å². The average Bonchev–Trinajstić information content (AvgIpc) is 2.14. The monoisotopic (exact) mass is 97.1 g/mol. The Morgan fingerprint density at radius 3 is 3.29 bits per heavy atom. The van der Waals surface area contributed by atoms with Crippen LogP contribution in [0.1, 0.15) is 14.1 Å². The summed E-state index contributed by atoms with van der Waals surface area (Å²) in [5.74, 6) is 0.884. The Kier molecular flexibility index (Phi) is 0.823. The first-order valence-corrected chi connectivity index (χ1v) is 2.34. The molecular formula is C5H8N2. The quantitative estimate of drug-likeness (QED) is 0.555. The van der Waals surface area contributed by atoms with Crippen molar-refractivity contribution in [3.05, 3.63) is 18.2 Å². The maximum absolute atomic E-state index is 6.98. The number of H-pyrrole nitrogens is 1. The lowest BCUT2D eigenvalue weighted by molar-refractivity contribution is 0.990. The molecule has 2 heteroatoms. The fourth-order valence-corrected chi connectivity index (χ4v) is 0.439. The summed E-state index contributed by atoms with van der Waals surface area (Å²) in [5, 5.41) is 0. The second kappa shape index (κ2) is 1.78. The highest BCUT2D eigenvalue weighted by molar-refractivity contribution is 4.84. The number of hydrogen-bond acceptors (Lipinski definition) is 1. The first-order chi connectivity index (χ1) is 3.83. The largest absolute Gasteiger partial charge is 0.349 e. The lowest BCUT2D eigenvalue weighted by Crippen LogP contribution is -1.78. The molecule has 0 atom stereocenters. The van der Waals surface area contributed by atoms with Crippen molar-refractivity contribution in [2.24, 2.45) is 0 Å². The third kappa shape index (κ3) is 0.796. The molecule has 1 aromatic rings. The highest BCUT2D eigenvalue weighted by Crippen LogP contribution is 1.85. The molecule has 0 radical (unpaired) electrons. The van der Waals surface area contributed by atoms with Gasteiger partial charge in [-0.1, -0.05) is 6.92 Å². The summed E-state index contributed by atoms with van der Waals surface area (Å²) in [4.78, 5) is 6.70. The van der Waals surface area contributed by atoms with Gasteiger partial charge >= 0.3 is 0 Å². The first-order valence-electron chi connectivity index (χ1n) is 2.84. The van der Waals surface area contributed by atoms with Gasteiger partial charge in [0.05, 0.1) is 1.37 Å². The van der Waals surface area contributed by atoms with Gasteiger partial charge in [-0.15, -0.1) is 0 Å². The van der Waals surface area contributed by atoms with Gasteiger partial charge in [0.15, 0.2) is 0 Å². The Morgan fingerprint density at radius 2 is 3.00 bits per heavy atom. The van der Waals surface area contributed by atoms with Crippen molar-refractivity contribution in [2.75, 3.05) is 0 Å². The summed E-state index contributed by atoms with van der Waals surface area (Å²) in [7, 11) is 0. The summed E-state index contributed by atoms with van der Waals surface area (Å²) in [5.41, 5.74) is 0. The Balaban J connectivity index is 2.84. The van der Waals surface area contributed by atoms with Crippen molar-refractivity contribution < 1.29 is 1.37 Å².